The van der Waals surface area contributed by atoms with E-state index in [0.29, 0.717) is 12.3 Å². The molecule has 3 aromatic rings. The van der Waals surface area contributed by atoms with E-state index in [0.717, 1.165) is 16.7 Å². The Kier molecular flexibility index (Phi) is 3.91. The van der Waals surface area contributed by atoms with Crippen LogP contribution in [0.5, 0.6) is 0 Å². The number of carbonyl (C=O) groups is 1. The smallest absolute Gasteiger partial charge is 0.245 e. The number of fused-ring (bicyclic) bond motifs is 1. The number of para-hydroxylation sites is 1. The molecule has 2 aromatic heterocycles. The largest absolute Gasteiger partial charge is 0.439 e. The van der Waals surface area contributed by atoms with Crippen molar-refractivity contribution in [1.29, 1.82) is 0 Å². The van der Waals surface area contributed by atoms with Crippen LogP contribution >= 0.6 is 0 Å². The van der Waals surface area contributed by atoms with Crippen LogP contribution in [0.3, 0.4) is 0 Å². The van der Waals surface area contributed by atoms with E-state index in [-0.39, 0.29) is 18.5 Å². The van der Waals surface area contributed by atoms with Crippen LogP contribution in [0.15, 0.2) is 41.1 Å². The van der Waals surface area contributed by atoms with Gasteiger partial charge in [0.1, 0.15) is 11.6 Å². The number of aromatic nitrogens is 3. The van der Waals surface area contributed by atoms with Gasteiger partial charge in [0, 0.05) is 12.4 Å². The van der Waals surface area contributed by atoms with Crippen LogP contribution in [0.25, 0.3) is 11.1 Å². The number of rotatable bonds is 5. The zero-order valence-electron chi connectivity index (χ0n) is 12.6. The summed E-state index contributed by atoms with van der Waals surface area (Å²) in [5.41, 5.74) is 2.64. The van der Waals surface area contributed by atoms with Gasteiger partial charge in [0.15, 0.2) is 5.58 Å². The highest BCUT2D eigenvalue weighted by Gasteiger charge is 2.19. The van der Waals surface area contributed by atoms with Gasteiger partial charge in [0.25, 0.3) is 0 Å². The molecule has 0 radical (unpaired) electrons. The second-order valence-corrected chi connectivity index (χ2v) is 5.16. The van der Waals surface area contributed by atoms with Crippen molar-refractivity contribution in [2.45, 2.75) is 32.9 Å². The molecule has 0 spiro atoms. The molecule has 114 valence electrons. The Balaban J connectivity index is 1.70. The maximum Gasteiger partial charge on any atom is 0.245 e. The molecule has 1 N–H and O–H groups in total. The average molecular weight is 298 g/mol. The van der Waals surface area contributed by atoms with E-state index >= 15 is 0 Å². The highest BCUT2D eigenvalue weighted by atomic mass is 16.3. The van der Waals surface area contributed by atoms with Crippen LogP contribution in [0.4, 0.5) is 0 Å². The number of nitrogens with zero attached hydrogens (tertiary/aromatic N) is 3. The van der Waals surface area contributed by atoms with Crippen molar-refractivity contribution in [2.24, 2.45) is 0 Å². The van der Waals surface area contributed by atoms with E-state index < -0.39 is 0 Å². The quantitative estimate of drug-likeness (QED) is 0.786. The van der Waals surface area contributed by atoms with Gasteiger partial charge in [-0.25, -0.2) is 4.98 Å². The average Bonchev–Trinajstić information content (AvgIpc) is 3.16. The summed E-state index contributed by atoms with van der Waals surface area (Å²) in [6.45, 7) is 4.21. The van der Waals surface area contributed by atoms with E-state index in [1.54, 1.807) is 23.1 Å². The summed E-state index contributed by atoms with van der Waals surface area (Å²) in [6, 6.07) is 7.27. The Labute approximate surface area is 128 Å². The number of hydrogen-bond acceptors (Lipinski definition) is 4. The Morgan fingerprint density at radius 3 is 2.95 bits per heavy atom. The first-order valence-electron chi connectivity index (χ1n) is 7.31. The predicted molar refractivity (Wildman–Crippen MR) is 82.1 cm³/mol. The molecule has 1 aromatic carbocycles. The lowest BCUT2D eigenvalue weighted by molar-refractivity contribution is -0.125. The molecule has 0 aliphatic carbocycles. The molecule has 2 heterocycles. The minimum absolute atomic E-state index is 0.0924. The first-order chi connectivity index (χ1) is 10.7. The monoisotopic (exact) mass is 298 g/mol. The van der Waals surface area contributed by atoms with Gasteiger partial charge in [-0.15, -0.1) is 0 Å². The molecule has 0 aliphatic heterocycles. The van der Waals surface area contributed by atoms with Crippen molar-refractivity contribution in [3.8, 4) is 0 Å². The molecule has 0 aliphatic rings. The summed E-state index contributed by atoms with van der Waals surface area (Å²) >= 11 is 0. The van der Waals surface area contributed by atoms with Crippen LogP contribution in [0.1, 0.15) is 30.8 Å². The fraction of sp³-hybridized carbons (Fsp3) is 0.312. The van der Waals surface area contributed by atoms with Gasteiger partial charge in [0.2, 0.25) is 11.8 Å². The summed E-state index contributed by atoms with van der Waals surface area (Å²) < 4.78 is 7.31. The van der Waals surface area contributed by atoms with Gasteiger partial charge >= 0.3 is 0 Å². The normalized spacial score (nSPS) is 12.5. The van der Waals surface area contributed by atoms with Crippen molar-refractivity contribution >= 4 is 17.0 Å². The van der Waals surface area contributed by atoms with Crippen LogP contribution in [0.2, 0.25) is 0 Å². The third-order valence-corrected chi connectivity index (χ3v) is 3.61. The van der Waals surface area contributed by atoms with Gasteiger partial charge in [-0.05, 0) is 31.0 Å². The van der Waals surface area contributed by atoms with E-state index in [9.17, 15) is 4.79 Å². The lowest BCUT2D eigenvalue weighted by Gasteiger charge is -2.14. The molecule has 3 rings (SSSR count). The Hall–Kier alpha value is -2.63. The minimum Gasteiger partial charge on any atom is -0.439 e. The fourth-order valence-corrected chi connectivity index (χ4v) is 2.45. The molecule has 1 atom stereocenters. The van der Waals surface area contributed by atoms with Crippen LogP contribution < -0.4 is 5.32 Å². The topological polar surface area (TPSA) is 73.0 Å². The first-order valence-corrected chi connectivity index (χ1v) is 7.31. The third kappa shape index (κ3) is 2.72. The van der Waals surface area contributed by atoms with Crippen molar-refractivity contribution in [3.63, 3.8) is 0 Å². The summed E-state index contributed by atoms with van der Waals surface area (Å²) in [4.78, 5) is 16.7. The van der Waals surface area contributed by atoms with Gasteiger partial charge < -0.3 is 9.73 Å². The van der Waals surface area contributed by atoms with Crippen molar-refractivity contribution in [3.05, 3.63) is 48.1 Å². The standard InChI is InChI=1S/C16H18N4O2/c1-3-12(20-9-5-8-18-20)16(21)17-10-14-19-15-11(2)6-4-7-13(15)22-14/h4-9,12H,3,10H2,1-2H3,(H,17,21). The highest BCUT2D eigenvalue weighted by Crippen LogP contribution is 2.19. The zero-order valence-corrected chi connectivity index (χ0v) is 12.6. The first kappa shape index (κ1) is 14.3. The Morgan fingerprint density at radius 1 is 1.41 bits per heavy atom. The molecule has 6 heteroatoms. The number of amides is 1. The van der Waals surface area contributed by atoms with E-state index in [1.807, 2.05) is 32.0 Å². The number of nitrogens with one attached hydrogen (secondary N) is 1. The molecular formula is C16H18N4O2. The van der Waals surface area contributed by atoms with E-state index in [2.05, 4.69) is 15.4 Å². The Bertz CT molecular complexity index is 777. The zero-order chi connectivity index (χ0) is 15.5. The van der Waals surface area contributed by atoms with Gasteiger partial charge in [-0.3, -0.25) is 9.48 Å². The number of carbonyl (C=O) groups excluding carboxylic acids is 1. The molecule has 1 amide bonds. The van der Waals surface area contributed by atoms with Crippen molar-refractivity contribution in [1.82, 2.24) is 20.1 Å². The summed E-state index contributed by atoms with van der Waals surface area (Å²) in [6.07, 6.45) is 4.12. The number of hydrogen-bond donors (Lipinski definition) is 1. The maximum absolute atomic E-state index is 12.3. The summed E-state index contributed by atoms with van der Waals surface area (Å²) in [5.74, 6) is 0.415. The molecule has 0 bridgehead atoms. The minimum atomic E-state index is -0.318. The Morgan fingerprint density at radius 2 is 2.27 bits per heavy atom. The molecule has 0 saturated heterocycles. The van der Waals surface area contributed by atoms with Crippen LogP contribution in [-0.2, 0) is 11.3 Å². The van der Waals surface area contributed by atoms with Gasteiger partial charge in [0.05, 0.1) is 6.54 Å². The van der Waals surface area contributed by atoms with Gasteiger partial charge in [-0.1, -0.05) is 19.1 Å². The van der Waals surface area contributed by atoms with Crippen LogP contribution in [-0.4, -0.2) is 20.7 Å². The lowest BCUT2D eigenvalue weighted by Crippen LogP contribution is -2.32. The molecule has 1 unspecified atom stereocenters. The molecule has 6 nitrogen and oxygen atoms in total. The maximum atomic E-state index is 12.3. The summed E-state index contributed by atoms with van der Waals surface area (Å²) in [5, 5.41) is 6.99. The SMILES string of the molecule is CCC(C(=O)NCc1nc2c(C)cccc2o1)n1cccn1. The van der Waals surface area contributed by atoms with Crippen molar-refractivity contribution < 1.29 is 9.21 Å². The van der Waals surface area contributed by atoms with Crippen molar-refractivity contribution in [2.75, 3.05) is 0 Å². The number of benzene rings is 1. The van der Waals surface area contributed by atoms with Gasteiger partial charge in [-0.2, -0.15) is 5.10 Å². The van der Waals surface area contributed by atoms with Crippen LogP contribution in [0, 0.1) is 6.92 Å². The molecule has 22 heavy (non-hydrogen) atoms. The van der Waals surface area contributed by atoms with E-state index in [4.69, 9.17) is 4.42 Å². The highest BCUT2D eigenvalue weighted by molar-refractivity contribution is 5.80. The predicted octanol–water partition coefficient (Wildman–Crippen LogP) is 2.60. The second kappa shape index (κ2) is 6.01. The summed E-state index contributed by atoms with van der Waals surface area (Å²) in [7, 11) is 0. The van der Waals surface area contributed by atoms with E-state index in [1.165, 1.54) is 0 Å². The molecular weight excluding hydrogens is 280 g/mol. The number of aryl methyl sites for hydroxylation is 1. The second-order valence-electron chi connectivity index (χ2n) is 5.16. The molecule has 0 fully saturated rings. The third-order valence-electron chi connectivity index (χ3n) is 3.61. The fourth-order valence-electron chi connectivity index (χ4n) is 2.45. The number of oxazole rings is 1. The lowest BCUT2D eigenvalue weighted by atomic mass is 10.2. The molecule has 0 saturated carbocycles.